The van der Waals surface area contributed by atoms with E-state index in [1.807, 2.05) is 0 Å². The Balaban J connectivity index is 1.78. The Morgan fingerprint density at radius 3 is 2.35 bits per heavy atom. The van der Waals surface area contributed by atoms with Gasteiger partial charge in [-0.25, -0.2) is 4.79 Å². The van der Waals surface area contributed by atoms with Gasteiger partial charge in [0.2, 0.25) is 5.91 Å². The van der Waals surface area contributed by atoms with Crippen molar-refractivity contribution >= 4 is 41.2 Å². The maximum Gasteiger partial charge on any atom is 0.416 e. The lowest BCUT2D eigenvalue weighted by Gasteiger charge is -2.49. The summed E-state index contributed by atoms with van der Waals surface area (Å²) in [5.74, 6) is -1.28. The highest BCUT2D eigenvalue weighted by atomic mass is 35.5. The molecule has 0 saturated carbocycles. The summed E-state index contributed by atoms with van der Waals surface area (Å²) >= 11 is 11.9. The molecule has 1 aliphatic rings. The topological polar surface area (TPSA) is 76.2 Å². The maximum absolute atomic E-state index is 13.6. The number of nitrogens with zero attached hydrogens (tertiary/aromatic N) is 2. The van der Waals surface area contributed by atoms with Crippen molar-refractivity contribution in [1.82, 2.24) is 9.80 Å². The monoisotopic (exact) mass is 560 g/mol. The molecule has 2 aromatic carbocycles. The highest BCUT2D eigenvalue weighted by Gasteiger charge is 2.52. The van der Waals surface area contributed by atoms with Crippen molar-refractivity contribution in [2.45, 2.75) is 44.4 Å². The zero-order valence-corrected chi connectivity index (χ0v) is 21.6. The molecule has 0 N–H and O–H groups in total. The molecule has 200 valence electrons. The van der Waals surface area contributed by atoms with Gasteiger partial charge in [0.25, 0.3) is 0 Å². The summed E-state index contributed by atoms with van der Waals surface area (Å²) in [5.41, 5.74) is -1.55. The third-order valence-electron chi connectivity index (χ3n) is 6.17. The number of esters is 1. The second-order valence-corrected chi connectivity index (χ2v) is 9.56. The lowest BCUT2D eigenvalue weighted by molar-refractivity contribution is -0.151. The fourth-order valence-corrected chi connectivity index (χ4v) is 4.18. The Hall–Kier alpha value is -2.98. The van der Waals surface area contributed by atoms with Crippen LogP contribution in [0.1, 0.15) is 37.3 Å². The highest BCUT2D eigenvalue weighted by Crippen LogP contribution is 2.37. The van der Waals surface area contributed by atoms with Crippen LogP contribution in [-0.4, -0.2) is 53.5 Å². The summed E-state index contributed by atoms with van der Waals surface area (Å²) in [4.78, 5) is 40.8. The first kappa shape index (κ1) is 28.6. The van der Waals surface area contributed by atoms with Gasteiger partial charge in [0, 0.05) is 31.1 Å². The minimum absolute atomic E-state index is 0.0947. The summed E-state index contributed by atoms with van der Waals surface area (Å²) in [6, 6.07) is 9.28. The van der Waals surface area contributed by atoms with Gasteiger partial charge in [-0.2, -0.15) is 13.2 Å². The minimum atomic E-state index is -4.65. The fraction of sp³-hybridized carbons (Fsp3) is 0.400. The minimum Gasteiger partial charge on any atom is -0.469 e. The van der Waals surface area contributed by atoms with E-state index >= 15 is 0 Å². The van der Waals surface area contributed by atoms with E-state index in [1.165, 1.54) is 12.0 Å². The SMILES string of the molecule is COC(=O)CCCN(Cc1ccc(Cl)cc1)C(=O)C1(C)CCN1C(=O)Oc1cc(C(F)(F)F)ccc1Cl. The molecular formula is C25H25Cl2F3N2O5. The van der Waals surface area contributed by atoms with Crippen LogP contribution >= 0.6 is 23.2 Å². The zero-order valence-electron chi connectivity index (χ0n) is 20.1. The lowest BCUT2D eigenvalue weighted by atomic mass is 9.85. The Kier molecular flexibility index (Phi) is 8.96. The molecule has 2 aromatic rings. The standard InChI is InChI=1S/C25H25Cl2F3N2O5/c1-24(11-13-32(24)23(35)37-20-14-17(25(28,29)30)7-10-19(20)27)22(34)31(12-3-4-21(33)36-2)15-16-5-8-18(26)9-6-16/h5-10,14H,3-4,11-13,15H2,1-2H3. The number of halogens is 5. The molecule has 1 unspecified atom stereocenters. The van der Waals surface area contributed by atoms with Crippen molar-refractivity contribution in [3.63, 3.8) is 0 Å². The number of alkyl halides is 3. The summed E-state index contributed by atoms with van der Waals surface area (Å²) in [7, 11) is 1.27. The normalized spacial score (nSPS) is 17.1. The number of methoxy groups -OCH3 is 1. The van der Waals surface area contributed by atoms with Crippen LogP contribution in [-0.2, 0) is 27.0 Å². The first-order valence-electron chi connectivity index (χ1n) is 11.3. The molecule has 37 heavy (non-hydrogen) atoms. The van der Waals surface area contributed by atoms with Gasteiger partial charge in [0.15, 0.2) is 5.75 Å². The van der Waals surface area contributed by atoms with Crippen LogP contribution in [0.25, 0.3) is 0 Å². The van der Waals surface area contributed by atoms with Crippen LogP contribution in [0.3, 0.4) is 0 Å². The fourth-order valence-electron chi connectivity index (χ4n) is 3.90. The van der Waals surface area contributed by atoms with Crippen LogP contribution < -0.4 is 4.74 Å². The Bertz CT molecular complexity index is 1160. The second-order valence-electron chi connectivity index (χ2n) is 8.72. The number of carbonyl (C=O) groups excluding carboxylic acids is 3. The van der Waals surface area contributed by atoms with E-state index < -0.39 is 41.0 Å². The molecule has 0 aliphatic carbocycles. The molecule has 1 aliphatic heterocycles. The Labute approximate surface area is 222 Å². The van der Waals surface area contributed by atoms with E-state index in [0.717, 1.165) is 22.6 Å². The number of likely N-dealkylation sites (tertiary alicyclic amines) is 1. The number of ether oxygens (including phenoxy) is 2. The van der Waals surface area contributed by atoms with Crippen molar-refractivity contribution in [3.8, 4) is 5.75 Å². The average molecular weight is 561 g/mol. The van der Waals surface area contributed by atoms with E-state index in [1.54, 1.807) is 31.2 Å². The van der Waals surface area contributed by atoms with Crippen LogP contribution in [0.5, 0.6) is 5.75 Å². The van der Waals surface area contributed by atoms with Gasteiger partial charge in [0.05, 0.1) is 17.7 Å². The van der Waals surface area contributed by atoms with Gasteiger partial charge >= 0.3 is 18.2 Å². The summed E-state index contributed by atoms with van der Waals surface area (Å²) in [6.45, 7) is 2.11. The molecule has 1 heterocycles. The van der Waals surface area contributed by atoms with Crippen molar-refractivity contribution in [3.05, 3.63) is 63.6 Å². The van der Waals surface area contributed by atoms with Gasteiger partial charge in [-0.1, -0.05) is 35.3 Å². The number of benzene rings is 2. The number of amides is 2. The molecule has 3 rings (SSSR count). The molecule has 0 radical (unpaired) electrons. The first-order chi connectivity index (χ1) is 17.3. The van der Waals surface area contributed by atoms with Crippen molar-refractivity contribution in [2.24, 2.45) is 0 Å². The molecule has 0 aromatic heterocycles. The number of hydrogen-bond donors (Lipinski definition) is 0. The van der Waals surface area contributed by atoms with Crippen molar-refractivity contribution in [1.29, 1.82) is 0 Å². The molecule has 1 atom stereocenters. The predicted octanol–water partition coefficient (Wildman–Crippen LogP) is 5.96. The number of hydrogen-bond acceptors (Lipinski definition) is 5. The molecule has 12 heteroatoms. The molecule has 2 amide bonds. The molecule has 0 bridgehead atoms. The van der Waals surface area contributed by atoms with E-state index in [2.05, 4.69) is 4.74 Å². The largest absolute Gasteiger partial charge is 0.469 e. The van der Waals surface area contributed by atoms with Crippen LogP contribution in [0.2, 0.25) is 10.0 Å². The van der Waals surface area contributed by atoms with Crippen LogP contribution in [0, 0.1) is 0 Å². The van der Waals surface area contributed by atoms with Gasteiger partial charge in [0.1, 0.15) is 5.54 Å². The van der Waals surface area contributed by atoms with Gasteiger partial charge in [-0.05, 0) is 55.7 Å². The average Bonchev–Trinajstić information content (AvgIpc) is 2.83. The van der Waals surface area contributed by atoms with E-state index in [0.29, 0.717) is 23.9 Å². The predicted molar refractivity (Wildman–Crippen MR) is 130 cm³/mol. The number of rotatable bonds is 8. The van der Waals surface area contributed by atoms with E-state index in [9.17, 15) is 27.6 Å². The maximum atomic E-state index is 13.6. The second kappa shape index (κ2) is 11.6. The van der Waals surface area contributed by atoms with Crippen molar-refractivity contribution in [2.75, 3.05) is 20.2 Å². The van der Waals surface area contributed by atoms with Gasteiger partial charge in [-0.3, -0.25) is 14.5 Å². The first-order valence-corrected chi connectivity index (χ1v) is 12.1. The third kappa shape index (κ3) is 6.87. The third-order valence-corrected chi connectivity index (χ3v) is 6.73. The Morgan fingerprint density at radius 1 is 1.11 bits per heavy atom. The van der Waals surface area contributed by atoms with E-state index in [-0.39, 0.29) is 31.1 Å². The summed E-state index contributed by atoms with van der Waals surface area (Å²) in [6.07, 6.45) is -4.92. The van der Waals surface area contributed by atoms with Crippen LogP contribution in [0.4, 0.5) is 18.0 Å². The zero-order chi connectivity index (χ0) is 27.4. The van der Waals surface area contributed by atoms with E-state index in [4.69, 9.17) is 27.9 Å². The van der Waals surface area contributed by atoms with Crippen molar-refractivity contribution < 1.29 is 37.0 Å². The quantitative estimate of drug-likeness (QED) is 0.372. The molecule has 7 nitrogen and oxygen atoms in total. The molecule has 1 saturated heterocycles. The number of carbonyl (C=O) groups is 3. The lowest BCUT2D eigenvalue weighted by Crippen LogP contribution is -2.68. The Morgan fingerprint density at radius 2 is 1.78 bits per heavy atom. The van der Waals surface area contributed by atoms with Gasteiger partial charge < -0.3 is 14.4 Å². The highest BCUT2D eigenvalue weighted by molar-refractivity contribution is 6.32. The summed E-state index contributed by atoms with van der Waals surface area (Å²) < 4.78 is 49.1. The smallest absolute Gasteiger partial charge is 0.416 e. The van der Waals surface area contributed by atoms with Gasteiger partial charge in [-0.15, -0.1) is 0 Å². The molecule has 1 fully saturated rings. The molecular weight excluding hydrogens is 536 g/mol. The molecule has 0 spiro atoms. The summed E-state index contributed by atoms with van der Waals surface area (Å²) in [5, 5.41) is 0.350. The van der Waals surface area contributed by atoms with Crippen LogP contribution in [0.15, 0.2) is 42.5 Å².